The number of carboxylic acid groups (broad SMARTS) is 1. The number of carbonyl (C=O) groups is 3. The first-order chi connectivity index (χ1) is 27.6. The Labute approximate surface area is 345 Å². The Kier molecular flexibility index (Phi) is 38.0. The largest absolute Gasteiger partial charge is 0.480 e. The average molecular weight is 824 g/mol. The molecule has 0 aromatic carbocycles. The molecule has 0 aliphatic carbocycles. The molecule has 0 radical (unpaired) electrons. The Balaban J connectivity index is 4.42. The first-order valence-electron chi connectivity index (χ1n) is 21.8. The summed E-state index contributed by atoms with van der Waals surface area (Å²) in [5.74, 6) is -2.42. The highest BCUT2D eigenvalue weighted by Crippen LogP contribution is 2.43. The zero-order chi connectivity index (χ0) is 42.1. The van der Waals surface area contributed by atoms with Crippen molar-refractivity contribution in [3.05, 3.63) is 60.8 Å². The van der Waals surface area contributed by atoms with E-state index in [1.807, 2.05) is 0 Å². The molecule has 0 heterocycles. The summed E-state index contributed by atoms with van der Waals surface area (Å²) in [5, 5.41) is 8.89. The highest BCUT2D eigenvalue weighted by Gasteiger charge is 2.28. The van der Waals surface area contributed by atoms with Crippen LogP contribution in [0.15, 0.2) is 60.8 Å². The van der Waals surface area contributed by atoms with E-state index in [9.17, 15) is 23.8 Å². The molecule has 328 valence electrons. The van der Waals surface area contributed by atoms with Gasteiger partial charge in [0.25, 0.3) is 0 Å². The van der Waals surface area contributed by atoms with Crippen molar-refractivity contribution in [1.82, 2.24) is 0 Å². The third-order valence-corrected chi connectivity index (χ3v) is 9.98. The molecule has 0 amide bonds. The Hall–Kier alpha value is -2.82. The molecule has 0 saturated heterocycles. The number of aliphatic carboxylic acids is 1. The number of ether oxygens (including phenoxy) is 2. The monoisotopic (exact) mass is 824 g/mol. The van der Waals surface area contributed by atoms with Crippen LogP contribution < -0.4 is 5.73 Å². The van der Waals surface area contributed by atoms with Crippen LogP contribution in [0.25, 0.3) is 0 Å². The Morgan fingerprint density at radius 3 is 1.47 bits per heavy atom. The molecule has 4 N–H and O–H groups in total. The molecule has 0 aliphatic rings. The van der Waals surface area contributed by atoms with E-state index in [1.54, 1.807) is 0 Å². The van der Waals surface area contributed by atoms with Gasteiger partial charge in [-0.15, -0.1) is 0 Å². The summed E-state index contributed by atoms with van der Waals surface area (Å²) < 4.78 is 32.7. The Bertz CT molecular complexity index is 1200. The van der Waals surface area contributed by atoms with Crippen molar-refractivity contribution in [2.75, 3.05) is 19.8 Å². The van der Waals surface area contributed by atoms with Gasteiger partial charge in [0, 0.05) is 12.8 Å². The van der Waals surface area contributed by atoms with Crippen LogP contribution in [0, 0.1) is 0 Å². The third kappa shape index (κ3) is 39.8. The number of rotatable bonds is 40. The molecule has 0 aliphatic heterocycles. The van der Waals surface area contributed by atoms with Gasteiger partial charge in [0.05, 0.1) is 13.2 Å². The zero-order valence-corrected chi connectivity index (χ0v) is 36.3. The number of carboxylic acids is 1. The first-order valence-corrected chi connectivity index (χ1v) is 23.3. The van der Waals surface area contributed by atoms with Crippen LogP contribution in [0.5, 0.6) is 0 Å². The lowest BCUT2D eigenvalue weighted by Crippen LogP contribution is -2.34. The number of phosphoric ester groups is 1. The maximum Gasteiger partial charge on any atom is 0.472 e. The fourth-order valence-electron chi connectivity index (χ4n) is 5.62. The maximum atomic E-state index is 12.6. The second-order valence-corrected chi connectivity index (χ2v) is 15.9. The van der Waals surface area contributed by atoms with E-state index >= 15 is 0 Å². The fraction of sp³-hybridized carbons (Fsp3) is 0.711. The number of hydrogen-bond donors (Lipinski definition) is 3. The van der Waals surface area contributed by atoms with Gasteiger partial charge in [-0.1, -0.05) is 164 Å². The lowest BCUT2D eigenvalue weighted by atomic mass is 10.0. The molecule has 0 rings (SSSR count). The molecule has 0 aromatic rings. The normalized spacial score (nSPS) is 14.3. The van der Waals surface area contributed by atoms with Crippen LogP contribution >= 0.6 is 7.82 Å². The number of unbranched alkanes of at least 4 members (excludes halogenated alkanes) is 16. The summed E-state index contributed by atoms with van der Waals surface area (Å²) in [7, 11) is -4.72. The molecule has 0 aromatic heterocycles. The van der Waals surface area contributed by atoms with E-state index in [-0.39, 0.29) is 19.4 Å². The molecule has 1 unspecified atom stereocenters. The highest BCUT2D eigenvalue weighted by atomic mass is 31.2. The van der Waals surface area contributed by atoms with Gasteiger partial charge < -0.3 is 25.2 Å². The number of hydrogen-bond acceptors (Lipinski definition) is 9. The fourth-order valence-corrected chi connectivity index (χ4v) is 6.40. The third-order valence-electron chi connectivity index (χ3n) is 9.03. The van der Waals surface area contributed by atoms with E-state index in [4.69, 9.17) is 24.8 Å². The van der Waals surface area contributed by atoms with Crippen molar-refractivity contribution in [3.63, 3.8) is 0 Å². The molecule has 0 spiro atoms. The van der Waals surface area contributed by atoms with Crippen molar-refractivity contribution in [1.29, 1.82) is 0 Å². The molecule has 11 nitrogen and oxygen atoms in total. The van der Waals surface area contributed by atoms with E-state index in [0.717, 1.165) is 70.6 Å². The van der Waals surface area contributed by atoms with Crippen LogP contribution in [-0.2, 0) is 37.5 Å². The quantitative estimate of drug-likeness (QED) is 0.0232. The summed E-state index contributed by atoms with van der Waals surface area (Å²) >= 11 is 0. The predicted octanol–water partition coefficient (Wildman–Crippen LogP) is 11.6. The predicted molar refractivity (Wildman–Crippen MR) is 231 cm³/mol. The molecular formula is C45H78NO10P. The summed E-state index contributed by atoms with van der Waals surface area (Å²) in [6, 6.07) is -1.53. The molecule has 3 atom stereocenters. The lowest BCUT2D eigenvalue weighted by molar-refractivity contribution is -0.161. The maximum absolute atomic E-state index is 12.6. The van der Waals surface area contributed by atoms with E-state index in [1.165, 1.54) is 64.2 Å². The summed E-state index contributed by atoms with van der Waals surface area (Å²) in [6.45, 7) is 2.65. The second-order valence-electron chi connectivity index (χ2n) is 14.5. The van der Waals surface area contributed by atoms with E-state index in [0.29, 0.717) is 12.8 Å². The van der Waals surface area contributed by atoms with Gasteiger partial charge >= 0.3 is 25.7 Å². The molecule has 0 bridgehead atoms. The summed E-state index contributed by atoms with van der Waals surface area (Å²) in [6.07, 6.45) is 45.7. The van der Waals surface area contributed by atoms with E-state index < -0.39 is 51.1 Å². The van der Waals surface area contributed by atoms with Crippen molar-refractivity contribution in [2.45, 2.75) is 187 Å². The molecular weight excluding hydrogens is 745 g/mol. The zero-order valence-electron chi connectivity index (χ0n) is 35.4. The smallest absolute Gasteiger partial charge is 0.472 e. The second kappa shape index (κ2) is 40.0. The number of phosphoric acid groups is 1. The number of allylic oxidation sites excluding steroid dienone is 10. The van der Waals surface area contributed by atoms with Gasteiger partial charge in [-0.3, -0.25) is 23.4 Å². The number of esters is 2. The minimum Gasteiger partial charge on any atom is -0.480 e. The van der Waals surface area contributed by atoms with Crippen LogP contribution in [0.1, 0.15) is 174 Å². The first kappa shape index (κ1) is 54.2. The minimum atomic E-state index is -4.72. The van der Waals surface area contributed by atoms with Crippen LogP contribution in [-0.4, -0.2) is 59.9 Å². The van der Waals surface area contributed by atoms with Gasteiger partial charge in [-0.2, -0.15) is 0 Å². The van der Waals surface area contributed by atoms with Crippen molar-refractivity contribution in [2.24, 2.45) is 5.73 Å². The van der Waals surface area contributed by atoms with Crippen molar-refractivity contribution < 1.29 is 47.5 Å². The Morgan fingerprint density at radius 2 is 0.982 bits per heavy atom. The van der Waals surface area contributed by atoms with Gasteiger partial charge in [-0.05, 0) is 57.8 Å². The minimum absolute atomic E-state index is 0.154. The Morgan fingerprint density at radius 1 is 0.561 bits per heavy atom. The highest BCUT2D eigenvalue weighted by molar-refractivity contribution is 7.47. The molecule has 57 heavy (non-hydrogen) atoms. The topological polar surface area (TPSA) is 172 Å². The van der Waals surface area contributed by atoms with Crippen molar-refractivity contribution >= 4 is 25.7 Å². The molecule has 0 fully saturated rings. The van der Waals surface area contributed by atoms with Crippen LogP contribution in [0.3, 0.4) is 0 Å². The van der Waals surface area contributed by atoms with Gasteiger partial charge in [0.1, 0.15) is 12.6 Å². The van der Waals surface area contributed by atoms with Crippen LogP contribution in [0.4, 0.5) is 0 Å². The van der Waals surface area contributed by atoms with E-state index in [2.05, 4.69) is 79.1 Å². The SMILES string of the molecule is CC/C=C/C/C=C/C/C=C/C/C=C/C/C=C/CCCCCC(=O)OC[C@@H](COP(=O)(O)OC[C@@H](N)C(=O)O)OC(=O)CCCCCCCCCCCCCCCC. The lowest BCUT2D eigenvalue weighted by Gasteiger charge is -2.20. The molecule has 0 saturated carbocycles. The number of carbonyl (C=O) groups excluding carboxylic acids is 2. The average Bonchev–Trinajstić information content (AvgIpc) is 3.19. The van der Waals surface area contributed by atoms with Gasteiger partial charge in [0.15, 0.2) is 6.10 Å². The standard InChI is InChI=1S/C45H78NO10P/c1-3-5-7-9-11-13-15-17-19-20-21-22-23-25-26-28-30-32-34-36-43(47)53-38-41(39-54-57(51,52)55-40-42(46)45(49)50)56-44(48)37-35-33-31-29-27-24-18-16-14-12-10-8-6-4-2/h5,7,11,13,17,19,21-22,25-26,41-42H,3-4,6,8-10,12,14-16,18,20,23-24,27-40,46H2,1-2H3,(H,49,50)(H,51,52)/b7-5+,13-11+,19-17+,22-21+,26-25+/t41-,42+/m0/s1. The molecule has 12 heteroatoms. The van der Waals surface area contributed by atoms with Gasteiger partial charge in [-0.25, -0.2) is 4.57 Å². The summed E-state index contributed by atoms with van der Waals surface area (Å²) in [4.78, 5) is 45.9. The van der Waals surface area contributed by atoms with Gasteiger partial charge in [0.2, 0.25) is 0 Å². The van der Waals surface area contributed by atoms with Crippen LogP contribution in [0.2, 0.25) is 0 Å². The summed E-state index contributed by atoms with van der Waals surface area (Å²) in [5.41, 5.74) is 5.33. The number of nitrogens with two attached hydrogens (primary N) is 1. The van der Waals surface area contributed by atoms with Crippen molar-refractivity contribution in [3.8, 4) is 0 Å².